The number of nitrogens with zero attached hydrogens (tertiary/aromatic N) is 1. The first-order valence-corrected chi connectivity index (χ1v) is 9.03. The minimum absolute atomic E-state index is 0.112. The van der Waals surface area contributed by atoms with Gasteiger partial charge in [-0.3, -0.25) is 4.99 Å². The van der Waals surface area contributed by atoms with Gasteiger partial charge in [0.1, 0.15) is 0 Å². The van der Waals surface area contributed by atoms with E-state index in [-0.39, 0.29) is 17.4 Å². The highest BCUT2D eigenvalue weighted by Crippen LogP contribution is 2.60. The number of ether oxygens (including phenoxy) is 1. The Morgan fingerprint density at radius 3 is 2.75 bits per heavy atom. The summed E-state index contributed by atoms with van der Waals surface area (Å²) in [6.45, 7) is 0.617. The number of aliphatic imine (C=N–C) groups is 1. The van der Waals surface area contributed by atoms with Crippen molar-refractivity contribution in [2.24, 2.45) is 22.1 Å². The van der Waals surface area contributed by atoms with Gasteiger partial charge in [0.05, 0.1) is 5.69 Å². The van der Waals surface area contributed by atoms with E-state index in [1.165, 1.54) is 49.0 Å². The third-order valence-electron chi connectivity index (χ3n) is 4.70. The van der Waals surface area contributed by atoms with Gasteiger partial charge in [-0.1, -0.05) is 12.1 Å². The molecule has 1 aliphatic carbocycles. The molecule has 132 valence electrons. The van der Waals surface area contributed by atoms with E-state index in [1.807, 2.05) is 11.8 Å². The second kappa shape index (κ2) is 6.74. The molecule has 2 aliphatic rings. The van der Waals surface area contributed by atoms with Crippen molar-refractivity contribution in [2.45, 2.75) is 25.6 Å². The van der Waals surface area contributed by atoms with Gasteiger partial charge in [-0.2, -0.15) is 11.8 Å². The summed E-state index contributed by atoms with van der Waals surface area (Å²) in [7, 11) is 0. The van der Waals surface area contributed by atoms with Gasteiger partial charge in [0.2, 0.25) is 0 Å². The first-order valence-electron chi connectivity index (χ1n) is 7.87. The summed E-state index contributed by atoms with van der Waals surface area (Å²) in [4.78, 5) is 4.31. The van der Waals surface area contributed by atoms with Crippen molar-refractivity contribution in [1.82, 2.24) is 0 Å². The molecule has 0 amide bonds. The molecule has 1 saturated heterocycles. The number of para-hydroxylation sites is 2. The van der Waals surface area contributed by atoms with E-state index in [2.05, 4.69) is 15.0 Å². The molecule has 24 heavy (non-hydrogen) atoms. The third kappa shape index (κ3) is 4.28. The van der Waals surface area contributed by atoms with E-state index in [4.69, 9.17) is 5.73 Å². The van der Waals surface area contributed by atoms with Crippen LogP contribution in [0.5, 0.6) is 5.75 Å². The van der Waals surface area contributed by atoms with Crippen LogP contribution in [0.25, 0.3) is 0 Å². The molecule has 0 bridgehead atoms. The van der Waals surface area contributed by atoms with Gasteiger partial charge in [-0.05, 0) is 54.2 Å². The highest BCUT2D eigenvalue weighted by Gasteiger charge is 2.53. The molecule has 0 aromatic heterocycles. The summed E-state index contributed by atoms with van der Waals surface area (Å²) < 4.78 is 41.2. The molecule has 3 N–H and O–H groups in total. The van der Waals surface area contributed by atoms with Crippen molar-refractivity contribution < 1.29 is 17.9 Å². The third-order valence-corrected chi connectivity index (χ3v) is 5.69. The van der Waals surface area contributed by atoms with Gasteiger partial charge in [-0.15, -0.1) is 13.2 Å². The van der Waals surface area contributed by atoms with Crippen LogP contribution in [0.15, 0.2) is 29.3 Å². The van der Waals surface area contributed by atoms with Gasteiger partial charge in [-0.25, -0.2) is 0 Å². The van der Waals surface area contributed by atoms with Gasteiger partial charge >= 0.3 is 6.36 Å². The summed E-state index contributed by atoms with van der Waals surface area (Å²) in [6.07, 6.45) is -1.11. The average molecular weight is 359 g/mol. The van der Waals surface area contributed by atoms with Crippen LogP contribution in [0.1, 0.15) is 19.3 Å². The highest BCUT2D eigenvalue weighted by molar-refractivity contribution is 7.99. The van der Waals surface area contributed by atoms with Gasteiger partial charge in [0.25, 0.3) is 0 Å². The zero-order valence-corrected chi connectivity index (χ0v) is 13.9. The van der Waals surface area contributed by atoms with Crippen LogP contribution in [-0.2, 0) is 0 Å². The zero-order chi connectivity index (χ0) is 17.2. The van der Waals surface area contributed by atoms with Crippen molar-refractivity contribution in [1.29, 1.82) is 0 Å². The SMILES string of the molecule is NC(=NCC1CC12CCSCC2)Nc1ccccc1OC(F)(F)F. The van der Waals surface area contributed by atoms with Crippen LogP contribution in [0.4, 0.5) is 18.9 Å². The quantitative estimate of drug-likeness (QED) is 0.633. The lowest BCUT2D eigenvalue weighted by Gasteiger charge is -2.21. The second-order valence-electron chi connectivity index (χ2n) is 6.27. The minimum Gasteiger partial charge on any atom is -0.404 e. The minimum atomic E-state index is -4.75. The lowest BCUT2D eigenvalue weighted by atomic mass is 9.96. The maximum Gasteiger partial charge on any atom is 0.573 e. The Balaban J connectivity index is 1.58. The fraction of sp³-hybridized carbons (Fsp3) is 0.562. The van der Waals surface area contributed by atoms with Crippen LogP contribution >= 0.6 is 11.8 Å². The number of rotatable bonds is 4. The first kappa shape index (κ1) is 17.3. The molecule has 1 aromatic carbocycles. The van der Waals surface area contributed by atoms with E-state index >= 15 is 0 Å². The summed E-state index contributed by atoms with van der Waals surface area (Å²) in [6, 6.07) is 5.78. The lowest BCUT2D eigenvalue weighted by molar-refractivity contribution is -0.274. The van der Waals surface area contributed by atoms with Gasteiger partial charge < -0.3 is 15.8 Å². The molecule has 1 heterocycles. The van der Waals surface area contributed by atoms with Gasteiger partial charge in [0, 0.05) is 6.54 Å². The molecule has 4 nitrogen and oxygen atoms in total. The topological polar surface area (TPSA) is 59.6 Å². The predicted octanol–water partition coefficient (Wildman–Crippen LogP) is 3.85. The molecular weight excluding hydrogens is 339 g/mol. The number of anilines is 1. The Kier molecular flexibility index (Phi) is 4.85. The Bertz CT molecular complexity index is 615. The standard InChI is InChI=1S/C16H20F3N3OS/c17-16(18,19)23-13-4-2-1-3-12(13)22-14(20)21-10-11-9-15(11)5-7-24-8-6-15/h1-4,11H,5-10H2,(H3,20,21,22). The summed E-state index contributed by atoms with van der Waals surface area (Å²) in [5, 5.41) is 2.71. The van der Waals surface area contributed by atoms with Crippen LogP contribution in [0.3, 0.4) is 0 Å². The fourth-order valence-corrected chi connectivity index (χ4v) is 4.56. The van der Waals surface area contributed by atoms with Crippen molar-refractivity contribution in [3.8, 4) is 5.75 Å². The lowest BCUT2D eigenvalue weighted by Crippen LogP contribution is -2.25. The van der Waals surface area contributed by atoms with Crippen molar-refractivity contribution >= 4 is 23.4 Å². The number of thioether (sulfide) groups is 1. The van der Waals surface area contributed by atoms with Gasteiger partial charge in [0.15, 0.2) is 11.7 Å². The molecular formula is C16H20F3N3OS. The number of nitrogens with two attached hydrogens (primary N) is 1. The number of benzene rings is 1. The highest BCUT2D eigenvalue weighted by atomic mass is 32.2. The van der Waals surface area contributed by atoms with Crippen molar-refractivity contribution in [3.63, 3.8) is 0 Å². The second-order valence-corrected chi connectivity index (χ2v) is 7.50. The van der Waals surface area contributed by atoms with E-state index in [0.717, 1.165) is 0 Å². The predicted molar refractivity (Wildman–Crippen MR) is 90.3 cm³/mol. The number of nitrogens with one attached hydrogen (secondary N) is 1. The number of hydrogen-bond donors (Lipinski definition) is 2. The van der Waals surface area contributed by atoms with E-state index in [0.29, 0.717) is 17.9 Å². The molecule has 0 radical (unpaired) electrons. The number of guanidine groups is 1. The molecule has 8 heteroatoms. The summed E-state index contributed by atoms with van der Waals surface area (Å²) >= 11 is 1.99. The molecule has 1 spiro atoms. The van der Waals surface area contributed by atoms with Crippen LogP contribution in [0, 0.1) is 11.3 Å². The number of halogens is 3. The Labute approximate surface area is 143 Å². The molecule has 3 rings (SSSR count). The van der Waals surface area contributed by atoms with E-state index in [1.54, 1.807) is 6.07 Å². The maximum atomic E-state index is 12.4. The van der Waals surface area contributed by atoms with Crippen molar-refractivity contribution in [3.05, 3.63) is 24.3 Å². The largest absolute Gasteiger partial charge is 0.573 e. The maximum absolute atomic E-state index is 12.4. The van der Waals surface area contributed by atoms with E-state index in [9.17, 15) is 13.2 Å². The van der Waals surface area contributed by atoms with Crippen molar-refractivity contribution in [2.75, 3.05) is 23.4 Å². The Hall–Kier alpha value is -1.57. The fourth-order valence-electron chi connectivity index (χ4n) is 3.25. The number of hydrogen-bond acceptors (Lipinski definition) is 3. The molecule has 1 aromatic rings. The molecule has 2 fully saturated rings. The summed E-state index contributed by atoms with van der Waals surface area (Å²) in [5.74, 6) is 2.74. The molecule has 1 aliphatic heterocycles. The van der Waals surface area contributed by atoms with Crippen LogP contribution in [-0.4, -0.2) is 30.4 Å². The Morgan fingerprint density at radius 2 is 2.04 bits per heavy atom. The first-order chi connectivity index (χ1) is 11.4. The zero-order valence-electron chi connectivity index (χ0n) is 13.1. The molecule has 1 saturated carbocycles. The summed E-state index contributed by atoms with van der Waals surface area (Å²) in [5.41, 5.74) is 6.42. The molecule has 1 unspecified atom stereocenters. The monoisotopic (exact) mass is 359 g/mol. The van der Waals surface area contributed by atoms with Crippen LogP contribution in [0.2, 0.25) is 0 Å². The van der Waals surface area contributed by atoms with Crippen LogP contribution < -0.4 is 15.8 Å². The molecule has 1 atom stereocenters. The smallest absolute Gasteiger partial charge is 0.404 e. The number of alkyl halides is 3. The van der Waals surface area contributed by atoms with E-state index < -0.39 is 6.36 Å². The average Bonchev–Trinajstić information content (AvgIpc) is 3.18. The normalized spacial score (nSPS) is 23.1. The Morgan fingerprint density at radius 1 is 1.33 bits per heavy atom.